The summed E-state index contributed by atoms with van der Waals surface area (Å²) in [4.78, 5) is 12.3. The van der Waals surface area contributed by atoms with E-state index in [1.54, 1.807) is 12.1 Å². The van der Waals surface area contributed by atoms with Gasteiger partial charge in [0, 0.05) is 18.2 Å². The van der Waals surface area contributed by atoms with Crippen molar-refractivity contribution in [3.8, 4) is 11.1 Å². The minimum absolute atomic E-state index is 0.0382. The van der Waals surface area contributed by atoms with Crippen LogP contribution in [0.15, 0.2) is 60.7 Å². The van der Waals surface area contributed by atoms with E-state index in [0.29, 0.717) is 11.3 Å². The number of anilines is 1. The fourth-order valence-electron chi connectivity index (χ4n) is 4.62. The first kappa shape index (κ1) is 21.9. The molecule has 3 aromatic rings. The van der Waals surface area contributed by atoms with E-state index in [-0.39, 0.29) is 19.1 Å². The number of fused-ring (bicyclic) bond motifs is 3. The zero-order valence-electron chi connectivity index (χ0n) is 18.2. The number of aryl methyl sites for hydroxylation is 2. The zero-order valence-corrected chi connectivity index (χ0v) is 18.2. The minimum Gasteiger partial charge on any atom is -0.449 e. The Morgan fingerprint density at radius 3 is 2.09 bits per heavy atom. The highest BCUT2D eigenvalue weighted by Gasteiger charge is 2.29. The van der Waals surface area contributed by atoms with E-state index in [1.807, 2.05) is 38.1 Å². The summed E-state index contributed by atoms with van der Waals surface area (Å²) < 4.78 is 5.48. The molecule has 0 radical (unpaired) electrons. The Morgan fingerprint density at radius 2 is 1.53 bits per heavy atom. The van der Waals surface area contributed by atoms with Gasteiger partial charge in [0.05, 0.1) is 0 Å². The van der Waals surface area contributed by atoms with Gasteiger partial charge in [0.15, 0.2) is 0 Å². The predicted octanol–water partition coefficient (Wildman–Crippen LogP) is 3.82. The van der Waals surface area contributed by atoms with Crippen LogP contribution in [0, 0.1) is 13.8 Å². The molecule has 0 aliphatic heterocycles. The van der Waals surface area contributed by atoms with Crippen LogP contribution in [-0.2, 0) is 4.74 Å². The van der Waals surface area contributed by atoms with Crippen LogP contribution in [0.3, 0.4) is 0 Å². The summed E-state index contributed by atoms with van der Waals surface area (Å²) >= 11 is 0. The van der Waals surface area contributed by atoms with Gasteiger partial charge in [-0.3, -0.25) is 0 Å². The number of nitrogen functional groups attached to an aromatic ring is 1. The first-order valence-electron chi connectivity index (χ1n) is 10.7. The summed E-state index contributed by atoms with van der Waals surface area (Å²) in [5, 5.41) is 23.6. The molecular formula is C26H28N2O4. The number of ether oxygens (including phenoxy) is 1. The van der Waals surface area contributed by atoms with Crippen LogP contribution in [-0.4, -0.2) is 35.6 Å². The lowest BCUT2D eigenvalue weighted by atomic mass is 9.94. The van der Waals surface area contributed by atoms with Crippen molar-refractivity contribution in [3.05, 3.63) is 88.5 Å². The number of nitrogens with two attached hydrogens (primary N) is 1. The first-order chi connectivity index (χ1) is 15.4. The van der Waals surface area contributed by atoms with Gasteiger partial charge in [-0.05, 0) is 64.9 Å². The van der Waals surface area contributed by atoms with Crippen molar-refractivity contribution in [1.82, 2.24) is 5.32 Å². The number of hydrogen-bond acceptors (Lipinski definition) is 5. The number of alkyl carbamates (subject to hydrolysis) is 1. The lowest BCUT2D eigenvalue weighted by Gasteiger charge is -2.22. The number of rotatable bonds is 6. The van der Waals surface area contributed by atoms with Gasteiger partial charge in [-0.15, -0.1) is 0 Å². The average Bonchev–Trinajstić information content (AvgIpc) is 3.09. The van der Waals surface area contributed by atoms with Crippen LogP contribution < -0.4 is 11.1 Å². The second-order valence-electron chi connectivity index (χ2n) is 8.29. The smallest absolute Gasteiger partial charge is 0.407 e. The molecule has 0 spiro atoms. The highest BCUT2D eigenvalue weighted by Crippen LogP contribution is 2.44. The van der Waals surface area contributed by atoms with Gasteiger partial charge in [0.25, 0.3) is 0 Å². The van der Waals surface area contributed by atoms with Crippen molar-refractivity contribution in [1.29, 1.82) is 0 Å². The molecule has 0 bridgehead atoms. The molecule has 1 aliphatic rings. The molecule has 0 saturated heterocycles. The van der Waals surface area contributed by atoms with E-state index in [1.165, 1.54) is 0 Å². The molecule has 4 rings (SSSR count). The Labute approximate surface area is 187 Å². The molecule has 2 unspecified atom stereocenters. The van der Waals surface area contributed by atoms with Crippen LogP contribution in [0.5, 0.6) is 0 Å². The van der Waals surface area contributed by atoms with Crippen molar-refractivity contribution in [2.24, 2.45) is 0 Å². The van der Waals surface area contributed by atoms with E-state index < -0.39 is 18.3 Å². The molecular weight excluding hydrogens is 404 g/mol. The molecule has 0 heterocycles. The number of hydrogen-bond donors (Lipinski definition) is 4. The molecule has 0 aromatic heterocycles. The van der Waals surface area contributed by atoms with E-state index in [9.17, 15) is 15.0 Å². The third-order valence-corrected chi connectivity index (χ3v) is 6.08. The van der Waals surface area contributed by atoms with Crippen LogP contribution in [0.2, 0.25) is 0 Å². The van der Waals surface area contributed by atoms with Gasteiger partial charge in [-0.1, -0.05) is 48.5 Å². The summed E-state index contributed by atoms with van der Waals surface area (Å²) in [7, 11) is 0. The Morgan fingerprint density at radius 1 is 1.00 bits per heavy atom. The molecule has 166 valence electrons. The standard InChI is InChI=1S/C26H28N2O4/c1-15-11-17(27)12-16(2)24(15)25(30)23(29)13-28-26(31)32-14-22-20-9-5-3-7-18(20)19-8-4-6-10-21(19)22/h3-12,22-23,25,29-30H,13-14,27H2,1-2H3,(H,28,31). The maximum Gasteiger partial charge on any atom is 0.407 e. The highest BCUT2D eigenvalue weighted by molar-refractivity contribution is 5.79. The molecule has 1 amide bonds. The van der Waals surface area contributed by atoms with Crippen LogP contribution in [0.4, 0.5) is 10.5 Å². The van der Waals surface area contributed by atoms with E-state index in [4.69, 9.17) is 10.5 Å². The van der Waals surface area contributed by atoms with Crippen molar-refractivity contribution < 1.29 is 19.7 Å². The van der Waals surface area contributed by atoms with Gasteiger partial charge >= 0.3 is 6.09 Å². The van der Waals surface area contributed by atoms with Gasteiger partial charge in [-0.25, -0.2) is 4.79 Å². The second kappa shape index (κ2) is 9.02. The Balaban J connectivity index is 1.36. The maximum atomic E-state index is 12.3. The Hall–Kier alpha value is -3.35. The number of amides is 1. The van der Waals surface area contributed by atoms with Gasteiger partial charge in [-0.2, -0.15) is 0 Å². The SMILES string of the molecule is Cc1cc(N)cc(C)c1C(O)C(O)CNC(=O)OCC1c2ccccc2-c2ccccc21. The van der Waals surface area contributed by atoms with Crippen LogP contribution in [0.1, 0.15) is 39.8 Å². The van der Waals surface area contributed by atoms with Gasteiger partial charge in [0.2, 0.25) is 0 Å². The summed E-state index contributed by atoms with van der Waals surface area (Å²) in [6.07, 6.45) is -2.97. The summed E-state index contributed by atoms with van der Waals surface area (Å²) in [5.41, 5.74) is 13.2. The minimum atomic E-state index is -1.18. The van der Waals surface area contributed by atoms with Crippen molar-refractivity contribution in [2.75, 3.05) is 18.9 Å². The van der Waals surface area contributed by atoms with E-state index in [2.05, 4.69) is 29.6 Å². The van der Waals surface area contributed by atoms with Crippen molar-refractivity contribution >= 4 is 11.8 Å². The fraction of sp³-hybridized carbons (Fsp3) is 0.269. The molecule has 5 N–H and O–H groups in total. The number of aliphatic hydroxyl groups is 2. The van der Waals surface area contributed by atoms with Crippen LogP contribution in [0.25, 0.3) is 11.1 Å². The lowest BCUT2D eigenvalue weighted by molar-refractivity contribution is 0.0178. The number of carbonyl (C=O) groups excluding carboxylic acids is 1. The molecule has 32 heavy (non-hydrogen) atoms. The molecule has 6 heteroatoms. The summed E-state index contributed by atoms with van der Waals surface area (Å²) in [5.74, 6) is -0.0382. The zero-order chi connectivity index (χ0) is 22.8. The van der Waals surface area contributed by atoms with Gasteiger partial charge in [0.1, 0.15) is 18.8 Å². The van der Waals surface area contributed by atoms with E-state index >= 15 is 0 Å². The quantitative estimate of drug-likeness (QED) is 0.443. The first-order valence-corrected chi connectivity index (χ1v) is 10.7. The van der Waals surface area contributed by atoms with Crippen LogP contribution >= 0.6 is 0 Å². The third kappa shape index (κ3) is 4.20. The summed E-state index contributed by atoms with van der Waals surface area (Å²) in [6.45, 7) is 3.71. The Bertz CT molecular complexity index is 1080. The van der Waals surface area contributed by atoms with Crippen molar-refractivity contribution in [3.63, 3.8) is 0 Å². The number of nitrogens with one attached hydrogen (secondary N) is 1. The number of carbonyl (C=O) groups is 1. The molecule has 6 nitrogen and oxygen atoms in total. The molecule has 1 aliphatic carbocycles. The third-order valence-electron chi connectivity index (χ3n) is 6.08. The second-order valence-corrected chi connectivity index (χ2v) is 8.29. The fourth-order valence-corrected chi connectivity index (χ4v) is 4.62. The molecule has 0 saturated carbocycles. The maximum absolute atomic E-state index is 12.3. The summed E-state index contributed by atoms with van der Waals surface area (Å²) in [6, 6.07) is 19.7. The lowest BCUT2D eigenvalue weighted by Crippen LogP contribution is -2.36. The molecule has 2 atom stereocenters. The molecule has 0 fully saturated rings. The predicted molar refractivity (Wildman–Crippen MR) is 124 cm³/mol. The number of benzene rings is 3. The molecule has 3 aromatic carbocycles. The average molecular weight is 433 g/mol. The normalized spacial score (nSPS) is 14.4. The van der Waals surface area contributed by atoms with Crippen molar-refractivity contribution in [2.45, 2.75) is 32.0 Å². The Kier molecular flexibility index (Phi) is 6.17. The topological polar surface area (TPSA) is 105 Å². The highest BCUT2D eigenvalue weighted by atomic mass is 16.5. The van der Waals surface area contributed by atoms with Gasteiger partial charge < -0.3 is 26.0 Å². The largest absolute Gasteiger partial charge is 0.449 e. The number of aliphatic hydroxyl groups excluding tert-OH is 2. The van der Waals surface area contributed by atoms with E-state index in [0.717, 1.165) is 33.4 Å². The monoisotopic (exact) mass is 432 g/mol.